The van der Waals surface area contributed by atoms with E-state index >= 15 is 0 Å². The maximum absolute atomic E-state index is 12.9. The van der Waals surface area contributed by atoms with Crippen LogP contribution >= 0.6 is 0 Å². The van der Waals surface area contributed by atoms with E-state index in [2.05, 4.69) is 41.2 Å². The first-order valence-electron chi connectivity index (χ1n) is 9.25. The average Bonchev–Trinajstić information content (AvgIpc) is 2.69. The lowest BCUT2D eigenvalue weighted by Crippen LogP contribution is -2.40. The molecule has 0 N–H and O–H groups in total. The largest absolute Gasteiger partial charge is 0.337 e. The van der Waals surface area contributed by atoms with Crippen LogP contribution < -0.4 is 0 Å². The summed E-state index contributed by atoms with van der Waals surface area (Å²) >= 11 is 0. The Morgan fingerprint density at radius 2 is 1.88 bits per heavy atom. The van der Waals surface area contributed by atoms with Crippen LogP contribution in [0.3, 0.4) is 0 Å². The Kier molecular flexibility index (Phi) is 4.65. The molecule has 3 aromatic rings. The average molecular weight is 345 g/mol. The van der Waals surface area contributed by atoms with Gasteiger partial charge in [0, 0.05) is 13.1 Å². The minimum absolute atomic E-state index is 0.00291. The highest BCUT2D eigenvalue weighted by atomic mass is 16.2. The fraction of sp³-hybridized carbons (Fsp3) is 0.318. The van der Waals surface area contributed by atoms with Gasteiger partial charge in [-0.3, -0.25) is 9.78 Å². The van der Waals surface area contributed by atoms with Crippen molar-refractivity contribution in [2.75, 3.05) is 13.1 Å². The van der Waals surface area contributed by atoms with E-state index in [4.69, 9.17) is 0 Å². The van der Waals surface area contributed by atoms with Gasteiger partial charge < -0.3 is 4.90 Å². The molecular formula is C22H23N3O. The second-order valence-corrected chi connectivity index (χ2v) is 7.19. The molecule has 4 heteroatoms. The zero-order chi connectivity index (χ0) is 17.9. The molecule has 4 nitrogen and oxygen atoms in total. The Hall–Kier alpha value is -2.75. The summed E-state index contributed by atoms with van der Waals surface area (Å²) in [7, 11) is 0. The highest BCUT2D eigenvalue weighted by Crippen LogP contribution is 2.22. The van der Waals surface area contributed by atoms with Crippen LogP contribution in [0.25, 0.3) is 11.0 Å². The monoisotopic (exact) mass is 345 g/mol. The molecule has 2 heterocycles. The molecule has 4 rings (SSSR count). The van der Waals surface area contributed by atoms with Crippen molar-refractivity contribution in [1.82, 2.24) is 14.9 Å². The predicted octanol–water partition coefficient (Wildman–Crippen LogP) is 4.03. The van der Waals surface area contributed by atoms with Gasteiger partial charge in [0.2, 0.25) is 0 Å². The molecule has 2 aromatic carbocycles. The van der Waals surface area contributed by atoms with Crippen molar-refractivity contribution < 1.29 is 4.79 Å². The van der Waals surface area contributed by atoms with Gasteiger partial charge in [0.1, 0.15) is 5.69 Å². The summed E-state index contributed by atoms with van der Waals surface area (Å²) in [6, 6.07) is 16.4. The van der Waals surface area contributed by atoms with E-state index in [1.54, 1.807) is 6.20 Å². The number of aromatic nitrogens is 2. The first-order chi connectivity index (χ1) is 12.7. The lowest BCUT2D eigenvalue weighted by molar-refractivity contribution is 0.0667. The Morgan fingerprint density at radius 1 is 1.12 bits per heavy atom. The van der Waals surface area contributed by atoms with E-state index in [9.17, 15) is 4.79 Å². The number of amides is 1. The highest BCUT2D eigenvalue weighted by Gasteiger charge is 2.25. The smallest absolute Gasteiger partial charge is 0.274 e. The number of benzene rings is 2. The topological polar surface area (TPSA) is 46.1 Å². The number of carbonyl (C=O) groups is 1. The molecule has 132 valence electrons. The van der Waals surface area contributed by atoms with Crippen molar-refractivity contribution in [2.45, 2.75) is 26.2 Å². The first kappa shape index (κ1) is 16.7. The number of fused-ring (bicyclic) bond motifs is 1. The lowest BCUT2D eigenvalue weighted by Gasteiger charge is -2.32. The van der Waals surface area contributed by atoms with Crippen LogP contribution in [0.4, 0.5) is 0 Å². The minimum Gasteiger partial charge on any atom is -0.337 e. The Morgan fingerprint density at radius 3 is 2.69 bits per heavy atom. The summed E-state index contributed by atoms with van der Waals surface area (Å²) in [6.07, 6.45) is 4.84. The van der Waals surface area contributed by atoms with Crippen molar-refractivity contribution in [3.05, 3.63) is 71.5 Å². The number of hydrogen-bond donors (Lipinski definition) is 0. The molecule has 0 bridgehead atoms. The minimum atomic E-state index is -0.00291. The van der Waals surface area contributed by atoms with Gasteiger partial charge in [-0.1, -0.05) is 42.0 Å². The molecule has 0 aliphatic carbocycles. The summed E-state index contributed by atoms with van der Waals surface area (Å²) < 4.78 is 0. The number of rotatable bonds is 3. The van der Waals surface area contributed by atoms with Crippen LogP contribution in [0, 0.1) is 12.8 Å². The number of nitrogens with zero attached hydrogens (tertiary/aromatic N) is 3. The van der Waals surface area contributed by atoms with E-state index in [0.29, 0.717) is 11.6 Å². The SMILES string of the molecule is Cc1ccc(C[C@H]2CCCN(C(=O)c3cnc4ccccc4n3)C2)cc1. The molecule has 1 aliphatic rings. The van der Waals surface area contributed by atoms with Gasteiger partial charge in [0.15, 0.2) is 0 Å². The molecule has 1 atom stereocenters. The molecule has 0 radical (unpaired) electrons. The fourth-order valence-corrected chi connectivity index (χ4v) is 3.70. The van der Waals surface area contributed by atoms with Gasteiger partial charge in [0.25, 0.3) is 5.91 Å². The summed E-state index contributed by atoms with van der Waals surface area (Å²) in [5.74, 6) is 0.501. The number of likely N-dealkylation sites (tertiary alicyclic amines) is 1. The van der Waals surface area contributed by atoms with Crippen molar-refractivity contribution in [3.8, 4) is 0 Å². The standard InChI is InChI=1S/C22H23N3O/c1-16-8-10-17(11-9-16)13-18-5-4-12-25(15-18)22(26)21-14-23-19-6-2-3-7-20(19)24-21/h2-3,6-11,14,18H,4-5,12-13,15H2,1H3/t18-/m1/s1. The maximum atomic E-state index is 12.9. The quantitative estimate of drug-likeness (QED) is 0.720. The Labute approximate surface area is 153 Å². The molecule has 1 saturated heterocycles. The van der Waals surface area contributed by atoms with Gasteiger partial charge in [0.05, 0.1) is 17.2 Å². The van der Waals surface area contributed by atoms with Crippen molar-refractivity contribution >= 4 is 16.9 Å². The lowest BCUT2D eigenvalue weighted by atomic mass is 9.91. The molecule has 1 fully saturated rings. The normalized spacial score (nSPS) is 17.4. The number of aryl methyl sites for hydroxylation is 1. The van der Waals surface area contributed by atoms with E-state index in [0.717, 1.165) is 37.0 Å². The van der Waals surface area contributed by atoms with E-state index < -0.39 is 0 Å². The van der Waals surface area contributed by atoms with Crippen LogP contribution in [-0.2, 0) is 6.42 Å². The van der Waals surface area contributed by atoms with Gasteiger partial charge in [-0.2, -0.15) is 0 Å². The first-order valence-corrected chi connectivity index (χ1v) is 9.25. The van der Waals surface area contributed by atoms with Gasteiger partial charge in [-0.05, 0) is 49.8 Å². The zero-order valence-corrected chi connectivity index (χ0v) is 15.1. The highest BCUT2D eigenvalue weighted by molar-refractivity contribution is 5.93. The van der Waals surface area contributed by atoms with Crippen LogP contribution in [-0.4, -0.2) is 33.9 Å². The number of para-hydroxylation sites is 2. The molecule has 26 heavy (non-hydrogen) atoms. The van der Waals surface area contributed by atoms with Gasteiger partial charge in [-0.25, -0.2) is 4.98 Å². The molecule has 1 aromatic heterocycles. The molecule has 1 amide bonds. The van der Waals surface area contributed by atoms with E-state index in [1.165, 1.54) is 17.5 Å². The summed E-state index contributed by atoms with van der Waals surface area (Å²) in [4.78, 5) is 23.8. The third-order valence-corrected chi connectivity index (χ3v) is 5.12. The number of piperidine rings is 1. The van der Waals surface area contributed by atoms with Crippen LogP contribution in [0.15, 0.2) is 54.7 Å². The third-order valence-electron chi connectivity index (χ3n) is 5.12. The predicted molar refractivity (Wildman–Crippen MR) is 103 cm³/mol. The van der Waals surface area contributed by atoms with E-state index in [-0.39, 0.29) is 5.91 Å². The van der Waals surface area contributed by atoms with Crippen LogP contribution in [0.2, 0.25) is 0 Å². The van der Waals surface area contributed by atoms with Gasteiger partial charge >= 0.3 is 0 Å². The summed E-state index contributed by atoms with van der Waals surface area (Å²) in [5.41, 5.74) is 4.66. The third kappa shape index (κ3) is 3.59. The molecular weight excluding hydrogens is 322 g/mol. The number of hydrogen-bond acceptors (Lipinski definition) is 3. The molecule has 0 spiro atoms. The molecule has 0 saturated carbocycles. The molecule has 0 unspecified atom stereocenters. The summed E-state index contributed by atoms with van der Waals surface area (Å²) in [5, 5.41) is 0. The van der Waals surface area contributed by atoms with Crippen molar-refractivity contribution in [3.63, 3.8) is 0 Å². The van der Waals surface area contributed by atoms with Crippen LogP contribution in [0.1, 0.15) is 34.5 Å². The van der Waals surface area contributed by atoms with Crippen molar-refractivity contribution in [1.29, 1.82) is 0 Å². The Balaban J connectivity index is 1.47. The maximum Gasteiger partial charge on any atom is 0.274 e. The summed E-state index contributed by atoms with van der Waals surface area (Å²) in [6.45, 7) is 3.70. The Bertz CT molecular complexity index is 920. The zero-order valence-electron chi connectivity index (χ0n) is 15.1. The molecule has 1 aliphatic heterocycles. The second-order valence-electron chi connectivity index (χ2n) is 7.19. The van der Waals surface area contributed by atoms with Crippen LogP contribution in [0.5, 0.6) is 0 Å². The van der Waals surface area contributed by atoms with Gasteiger partial charge in [-0.15, -0.1) is 0 Å². The second kappa shape index (κ2) is 7.24. The van der Waals surface area contributed by atoms with E-state index in [1.807, 2.05) is 29.2 Å². The fourth-order valence-electron chi connectivity index (χ4n) is 3.70. The van der Waals surface area contributed by atoms with Crippen molar-refractivity contribution in [2.24, 2.45) is 5.92 Å². The number of carbonyl (C=O) groups excluding carboxylic acids is 1.